The third-order valence-electron chi connectivity index (χ3n) is 2.11. The predicted molar refractivity (Wildman–Crippen MR) is 55.5 cm³/mol. The SMILES string of the molecule is C=[NH+]CCCCC([NH+]=C)C(OC)ONO. The fourth-order valence-electron chi connectivity index (χ4n) is 1.30. The molecule has 2 unspecified atom stereocenters. The van der Waals surface area contributed by atoms with E-state index in [9.17, 15) is 0 Å². The molecule has 0 spiro atoms. The number of hydrogen-bond donors (Lipinski definition) is 4. The van der Waals surface area contributed by atoms with E-state index in [1.807, 2.05) is 0 Å². The van der Waals surface area contributed by atoms with Crippen LogP contribution in [0.1, 0.15) is 19.3 Å². The second-order valence-electron chi connectivity index (χ2n) is 3.12. The summed E-state index contributed by atoms with van der Waals surface area (Å²) in [6.07, 6.45) is 2.28. The van der Waals surface area contributed by atoms with E-state index in [4.69, 9.17) is 14.8 Å². The molecule has 0 heterocycles. The highest BCUT2D eigenvalue weighted by Crippen LogP contribution is 2.03. The average Bonchev–Trinajstić information content (AvgIpc) is 2.27. The first-order valence-corrected chi connectivity index (χ1v) is 4.90. The van der Waals surface area contributed by atoms with Crippen LogP contribution in [-0.4, -0.2) is 44.6 Å². The lowest BCUT2D eigenvalue weighted by Crippen LogP contribution is -2.78. The minimum absolute atomic E-state index is 0.0699. The molecule has 0 aliphatic rings. The van der Waals surface area contributed by atoms with Gasteiger partial charge in [0.2, 0.25) is 12.3 Å². The first-order valence-electron chi connectivity index (χ1n) is 4.90. The smallest absolute Gasteiger partial charge is 0.241 e. The molecule has 0 aliphatic carbocycles. The molecule has 0 rings (SSSR count). The van der Waals surface area contributed by atoms with Gasteiger partial charge in [0.05, 0.1) is 0 Å². The van der Waals surface area contributed by atoms with Gasteiger partial charge in [0.15, 0.2) is 0 Å². The van der Waals surface area contributed by atoms with E-state index in [2.05, 4.69) is 23.4 Å². The molecule has 0 radical (unpaired) electrons. The van der Waals surface area contributed by atoms with E-state index in [0.717, 1.165) is 25.8 Å². The van der Waals surface area contributed by atoms with Crippen molar-refractivity contribution in [2.45, 2.75) is 31.6 Å². The van der Waals surface area contributed by atoms with Crippen molar-refractivity contribution in [3.63, 3.8) is 0 Å². The van der Waals surface area contributed by atoms with E-state index in [1.54, 1.807) is 5.64 Å². The van der Waals surface area contributed by atoms with Gasteiger partial charge in [0, 0.05) is 20.0 Å². The van der Waals surface area contributed by atoms with E-state index in [-0.39, 0.29) is 6.04 Å². The number of ether oxygens (including phenoxy) is 1. The van der Waals surface area contributed by atoms with Crippen molar-refractivity contribution >= 4 is 13.4 Å². The zero-order chi connectivity index (χ0) is 11.5. The lowest BCUT2D eigenvalue weighted by molar-refractivity contribution is -0.532. The summed E-state index contributed by atoms with van der Waals surface area (Å²) < 4.78 is 5.03. The van der Waals surface area contributed by atoms with Gasteiger partial charge in [-0.2, -0.15) is 0 Å². The van der Waals surface area contributed by atoms with Crippen LogP contribution in [0.5, 0.6) is 0 Å². The molecule has 0 bridgehead atoms. The maximum absolute atomic E-state index is 8.40. The summed E-state index contributed by atoms with van der Waals surface area (Å²) in [6.45, 7) is 8.00. The number of rotatable bonds is 10. The van der Waals surface area contributed by atoms with Gasteiger partial charge in [-0.25, -0.2) is 9.83 Å². The standard InChI is InChI=1S/C9H19N3O3/c1-10-7-5-4-6-8(11-2)9(14-3)15-12-13/h8-9,12-13H,1-2,4-7H2,3H3/p+2. The Morgan fingerprint density at radius 1 is 1.40 bits per heavy atom. The van der Waals surface area contributed by atoms with Crippen molar-refractivity contribution in [2.75, 3.05) is 13.7 Å². The van der Waals surface area contributed by atoms with Crippen LogP contribution < -0.4 is 15.6 Å². The Balaban J connectivity index is 3.86. The summed E-state index contributed by atoms with van der Waals surface area (Å²) in [5.74, 6) is 0. The molecule has 0 aromatic rings. The monoisotopic (exact) mass is 219 g/mol. The van der Waals surface area contributed by atoms with Crippen LogP contribution in [0.2, 0.25) is 0 Å². The van der Waals surface area contributed by atoms with Gasteiger partial charge >= 0.3 is 0 Å². The quantitative estimate of drug-likeness (QED) is 0.136. The van der Waals surface area contributed by atoms with Crippen LogP contribution in [-0.2, 0) is 9.57 Å². The fraction of sp³-hybridized carbons (Fsp3) is 0.778. The van der Waals surface area contributed by atoms with E-state index in [1.165, 1.54) is 7.11 Å². The summed E-state index contributed by atoms with van der Waals surface area (Å²) in [4.78, 5) is 10.4. The maximum atomic E-state index is 8.40. The van der Waals surface area contributed by atoms with Crippen molar-refractivity contribution in [3.05, 3.63) is 0 Å². The average molecular weight is 219 g/mol. The fourth-order valence-corrected chi connectivity index (χ4v) is 1.30. The minimum atomic E-state index is -0.569. The zero-order valence-corrected chi connectivity index (χ0v) is 9.16. The van der Waals surface area contributed by atoms with Gasteiger partial charge in [0.1, 0.15) is 20.0 Å². The highest BCUT2D eigenvalue weighted by Gasteiger charge is 2.25. The largest absolute Gasteiger partial charge is 0.349 e. The molecule has 0 aromatic carbocycles. The predicted octanol–water partition coefficient (Wildman–Crippen LogP) is -3.03. The van der Waals surface area contributed by atoms with Crippen LogP contribution in [0.3, 0.4) is 0 Å². The zero-order valence-electron chi connectivity index (χ0n) is 9.16. The molecule has 88 valence electrons. The Hall–Kier alpha value is -0.820. The van der Waals surface area contributed by atoms with Crippen molar-refractivity contribution < 1.29 is 24.8 Å². The number of nitrogens with one attached hydrogen (secondary N) is 3. The van der Waals surface area contributed by atoms with Crippen LogP contribution in [0.4, 0.5) is 0 Å². The van der Waals surface area contributed by atoms with Gasteiger partial charge in [-0.3, -0.25) is 10.2 Å². The third kappa shape index (κ3) is 6.29. The van der Waals surface area contributed by atoms with E-state index in [0.29, 0.717) is 0 Å². The lowest BCUT2D eigenvalue weighted by Gasteiger charge is -2.16. The van der Waals surface area contributed by atoms with E-state index >= 15 is 0 Å². The first kappa shape index (κ1) is 14.2. The molecule has 2 atom stereocenters. The molecule has 0 aromatic heterocycles. The Labute approximate surface area is 89.9 Å². The van der Waals surface area contributed by atoms with Crippen molar-refractivity contribution in [3.8, 4) is 0 Å². The van der Waals surface area contributed by atoms with Crippen LogP contribution in [0.15, 0.2) is 0 Å². The molecule has 0 aliphatic heterocycles. The summed E-state index contributed by atoms with van der Waals surface area (Å²) >= 11 is 0. The Bertz CT molecular complexity index is 178. The summed E-state index contributed by atoms with van der Waals surface area (Å²) in [5.41, 5.74) is 1.62. The lowest BCUT2D eigenvalue weighted by atomic mass is 10.1. The number of unbranched alkanes of at least 4 members (excludes halogenated alkanes) is 1. The molecule has 0 saturated carbocycles. The van der Waals surface area contributed by atoms with Crippen LogP contribution in [0, 0.1) is 0 Å². The van der Waals surface area contributed by atoms with Gasteiger partial charge in [-0.1, -0.05) is 5.64 Å². The highest BCUT2D eigenvalue weighted by atomic mass is 16.9. The highest BCUT2D eigenvalue weighted by molar-refractivity contribution is 5.12. The molecule has 0 saturated heterocycles. The summed E-state index contributed by atoms with van der Waals surface area (Å²) in [7, 11) is 1.50. The molecule has 4 N–H and O–H groups in total. The molecule has 6 nitrogen and oxygen atoms in total. The van der Waals surface area contributed by atoms with Crippen LogP contribution in [0.25, 0.3) is 0 Å². The molecule has 6 heteroatoms. The Morgan fingerprint density at radius 3 is 2.60 bits per heavy atom. The topological polar surface area (TPSA) is 78.7 Å². The molecule has 0 amide bonds. The summed E-state index contributed by atoms with van der Waals surface area (Å²) in [5, 5.41) is 8.40. The first-order chi connectivity index (χ1) is 7.29. The Kier molecular flexibility index (Phi) is 9.19. The number of methoxy groups -OCH3 is 1. The Morgan fingerprint density at radius 2 is 2.13 bits per heavy atom. The normalized spacial score (nSPS) is 14.5. The number of hydrogen-bond acceptors (Lipinski definition) is 4. The van der Waals surface area contributed by atoms with Crippen molar-refractivity contribution in [2.24, 2.45) is 0 Å². The molecular formula is C9H21N3O3+2. The summed E-state index contributed by atoms with van der Waals surface area (Å²) in [6, 6.07) is -0.0699. The third-order valence-corrected chi connectivity index (χ3v) is 2.11. The molecule has 15 heavy (non-hydrogen) atoms. The van der Waals surface area contributed by atoms with Crippen LogP contribution >= 0.6 is 0 Å². The second-order valence-corrected chi connectivity index (χ2v) is 3.12. The molecular weight excluding hydrogens is 198 g/mol. The van der Waals surface area contributed by atoms with Gasteiger partial charge in [-0.05, 0) is 6.42 Å². The minimum Gasteiger partial charge on any atom is -0.349 e. The maximum Gasteiger partial charge on any atom is 0.241 e. The van der Waals surface area contributed by atoms with E-state index < -0.39 is 6.29 Å². The second kappa shape index (κ2) is 9.72. The van der Waals surface area contributed by atoms with Gasteiger partial charge in [-0.15, -0.1) is 0 Å². The van der Waals surface area contributed by atoms with Gasteiger partial charge in [0.25, 0.3) is 0 Å². The van der Waals surface area contributed by atoms with Crippen molar-refractivity contribution in [1.29, 1.82) is 0 Å². The van der Waals surface area contributed by atoms with Crippen molar-refractivity contribution in [1.82, 2.24) is 5.64 Å². The molecule has 0 fully saturated rings. The van der Waals surface area contributed by atoms with Gasteiger partial charge < -0.3 is 4.74 Å².